The van der Waals surface area contributed by atoms with Crippen LogP contribution in [0.5, 0.6) is 11.5 Å². The van der Waals surface area contributed by atoms with E-state index in [2.05, 4.69) is 21.2 Å². The number of amides is 2. The van der Waals surface area contributed by atoms with Crippen molar-refractivity contribution < 1.29 is 27.5 Å². The molecule has 3 aromatic carbocycles. The Morgan fingerprint density at radius 2 is 1.63 bits per heavy atom. The van der Waals surface area contributed by atoms with Crippen LogP contribution >= 0.6 is 15.9 Å². The largest absolute Gasteiger partial charge is 0.486 e. The van der Waals surface area contributed by atoms with Crippen LogP contribution in [0.2, 0.25) is 0 Å². The number of carbonyl (C=O) groups is 2. The third-order valence-electron chi connectivity index (χ3n) is 7.31. The van der Waals surface area contributed by atoms with Crippen LogP contribution in [0, 0.1) is 0 Å². The standard InChI is InChI=1S/C32H38BrN3O6S/c1-4-23(3)34-32(38)28(19-24-10-7-6-8-11-24)35(21-25-12-9-13-26(33)18-25)31(37)22-36(43(39,40)5-2)27-14-15-29-30(20-27)42-17-16-41-29/h6-15,18,20,23,28H,4-5,16-17,19,21-22H2,1-3H3,(H,34,38)/t23-,28-/m1/s1. The number of benzene rings is 3. The summed E-state index contributed by atoms with van der Waals surface area (Å²) in [6.45, 7) is 5.76. The van der Waals surface area contributed by atoms with E-state index in [1.54, 1.807) is 18.2 Å². The van der Waals surface area contributed by atoms with E-state index in [1.807, 2.05) is 68.4 Å². The Morgan fingerprint density at radius 1 is 0.930 bits per heavy atom. The van der Waals surface area contributed by atoms with Crippen molar-refractivity contribution in [1.29, 1.82) is 0 Å². The normalized spacial score (nSPS) is 14.0. The molecule has 0 bridgehead atoms. The van der Waals surface area contributed by atoms with E-state index >= 15 is 0 Å². The number of sulfonamides is 1. The summed E-state index contributed by atoms with van der Waals surface area (Å²) in [6.07, 6.45) is 0.976. The molecule has 9 nitrogen and oxygen atoms in total. The lowest BCUT2D eigenvalue weighted by Gasteiger charge is -2.34. The van der Waals surface area contributed by atoms with E-state index < -0.39 is 28.5 Å². The number of nitrogens with one attached hydrogen (secondary N) is 1. The number of anilines is 1. The van der Waals surface area contributed by atoms with Crippen LogP contribution in [-0.4, -0.2) is 62.7 Å². The second kappa shape index (κ2) is 14.7. The molecule has 0 aliphatic carbocycles. The summed E-state index contributed by atoms with van der Waals surface area (Å²) in [5, 5.41) is 3.04. The molecule has 0 saturated heterocycles. The van der Waals surface area contributed by atoms with Crippen LogP contribution in [0.4, 0.5) is 5.69 Å². The van der Waals surface area contributed by atoms with Crippen molar-refractivity contribution in [2.24, 2.45) is 0 Å². The molecule has 1 aliphatic rings. The summed E-state index contributed by atoms with van der Waals surface area (Å²) in [5.41, 5.74) is 1.95. The van der Waals surface area contributed by atoms with Crippen LogP contribution < -0.4 is 19.1 Å². The first-order valence-corrected chi connectivity index (χ1v) is 16.8. The van der Waals surface area contributed by atoms with Crippen LogP contribution in [0.3, 0.4) is 0 Å². The minimum atomic E-state index is -3.89. The molecule has 43 heavy (non-hydrogen) atoms. The number of nitrogens with zero attached hydrogens (tertiary/aromatic N) is 2. The van der Waals surface area contributed by atoms with Gasteiger partial charge in [0.25, 0.3) is 0 Å². The summed E-state index contributed by atoms with van der Waals surface area (Å²) >= 11 is 3.49. The average molecular weight is 673 g/mol. The van der Waals surface area contributed by atoms with Crippen LogP contribution in [0.25, 0.3) is 0 Å². The highest BCUT2D eigenvalue weighted by molar-refractivity contribution is 9.10. The second-order valence-corrected chi connectivity index (χ2v) is 13.5. The molecule has 11 heteroatoms. The number of hydrogen-bond donors (Lipinski definition) is 1. The van der Waals surface area contributed by atoms with Crippen molar-refractivity contribution in [1.82, 2.24) is 10.2 Å². The first kappa shape index (κ1) is 32.3. The van der Waals surface area contributed by atoms with Gasteiger partial charge in [-0.3, -0.25) is 13.9 Å². The Balaban J connectivity index is 1.75. The van der Waals surface area contributed by atoms with Crippen LogP contribution in [-0.2, 0) is 32.6 Å². The summed E-state index contributed by atoms with van der Waals surface area (Å²) in [4.78, 5) is 29.6. The number of fused-ring (bicyclic) bond motifs is 1. The maximum Gasteiger partial charge on any atom is 0.244 e. The van der Waals surface area contributed by atoms with Gasteiger partial charge >= 0.3 is 0 Å². The van der Waals surface area contributed by atoms with Gasteiger partial charge in [-0.15, -0.1) is 0 Å². The number of hydrogen-bond acceptors (Lipinski definition) is 6. The molecular formula is C32H38BrN3O6S. The van der Waals surface area contributed by atoms with E-state index in [4.69, 9.17) is 9.47 Å². The SMILES string of the molecule is CC[C@@H](C)NC(=O)[C@@H](Cc1ccccc1)N(Cc1cccc(Br)c1)C(=O)CN(c1ccc2c(c1)OCCO2)S(=O)(=O)CC. The molecular weight excluding hydrogens is 634 g/mol. The summed E-state index contributed by atoms with van der Waals surface area (Å²) < 4.78 is 40.0. The molecule has 2 atom stereocenters. The zero-order valence-corrected chi connectivity index (χ0v) is 27.1. The fourth-order valence-electron chi connectivity index (χ4n) is 4.73. The summed E-state index contributed by atoms with van der Waals surface area (Å²) in [5.74, 6) is -0.107. The van der Waals surface area contributed by atoms with Crippen molar-refractivity contribution in [2.75, 3.05) is 29.8 Å². The molecule has 0 fully saturated rings. The number of ether oxygens (including phenoxy) is 2. The summed E-state index contributed by atoms with van der Waals surface area (Å²) in [6, 6.07) is 20.8. The number of carbonyl (C=O) groups excluding carboxylic acids is 2. The zero-order chi connectivity index (χ0) is 31.0. The molecule has 1 heterocycles. The van der Waals surface area contributed by atoms with Gasteiger partial charge in [-0.1, -0.05) is 65.3 Å². The number of halogens is 1. The zero-order valence-electron chi connectivity index (χ0n) is 24.7. The van der Waals surface area contributed by atoms with Gasteiger partial charge in [-0.05, 0) is 55.7 Å². The lowest BCUT2D eigenvalue weighted by atomic mass is 10.0. The highest BCUT2D eigenvalue weighted by Crippen LogP contribution is 2.35. The molecule has 0 spiro atoms. The van der Waals surface area contributed by atoms with E-state index in [-0.39, 0.29) is 36.4 Å². The van der Waals surface area contributed by atoms with Gasteiger partial charge in [0.15, 0.2) is 11.5 Å². The molecule has 3 aromatic rings. The molecule has 2 amide bonds. The highest BCUT2D eigenvalue weighted by atomic mass is 79.9. The highest BCUT2D eigenvalue weighted by Gasteiger charge is 2.34. The van der Waals surface area contributed by atoms with E-state index in [9.17, 15) is 18.0 Å². The Hall–Kier alpha value is -3.57. The van der Waals surface area contributed by atoms with Gasteiger partial charge < -0.3 is 19.7 Å². The lowest BCUT2D eigenvalue weighted by molar-refractivity contribution is -0.140. The maximum absolute atomic E-state index is 14.3. The van der Waals surface area contributed by atoms with Gasteiger partial charge in [0.1, 0.15) is 25.8 Å². The monoisotopic (exact) mass is 671 g/mol. The van der Waals surface area contributed by atoms with Gasteiger partial charge in [0.2, 0.25) is 21.8 Å². The molecule has 0 saturated carbocycles. The van der Waals surface area contributed by atoms with Crippen molar-refractivity contribution >= 4 is 43.5 Å². The van der Waals surface area contributed by atoms with E-state index in [0.29, 0.717) is 24.7 Å². The van der Waals surface area contributed by atoms with Crippen LogP contribution in [0.1, 0.15) is 38.3 Å². The van der Waals surface area contributed by atoms with Gasteiger partial charge in [-0.25, -0.2) is 8.42 Å². The molecule has 1 N–H and O–H groups in total. The first-order chi connectivity index (χ1) is 20.6. The minimum absolute atomic E-state index is 0.102. The summed E-state index contributed by atoms with van der Waals surface area (Å²) in [7, 11) is -3.89. The minimum Gasteiger partial charge on any atom is -0.486 e. The quantitative estimate of drug-likeness (QED) is 0.276. The Bertz CT molecular complexity index is 1520. The first-order valence-electron chi connectivity index (χ1n) is 14.4. The Kier molecular flexibility index (Phi) is 11.1. The van der Waals surface area contributed by atoms with Crippen molar-refractivity contribution in [2.45, 2.75) is 52.2 Å². The lowest BCUT2D eigenvalue weighted by Crippen LogP contribution is -2.54. The Morgan fingerprint density at radius 3 is 2.30 bits per heavy atom. The fourth-order valence-corrected chi connectivity index (χ4v) is 6.23. The number of rotatable bonds is 13. The molecule has 1 aliphatic heterocycles. The van der Waals surface area contributed by atoms with Crippen molar-refractivity contribution in [3.8, 4) is 11.5 Å². The van der Waals surface area contributed by atoms with Crippen LogP contribution in [0.15, 0.2) is 77.3 Å². The predicted molar refractivity (Wildman–Crippen MR) is 171 cm³/mol. The predicted octanol–water partition coefficient (Wildman–Crippen LogP) is 4.93. The third kappa shape index (κ3) is 8.51. The van der Waals surface area contributed by atoms with E-state index in [1.165, 1.54) is 11.8 Å². The maximum atomic E-state index is 14.3. The third-order valence-corrected chi connectivity index (χ3v) is 9.54. The Labute approximate surface area is 262 Å². The molecule has 0 unspecified atom stereocenters. The van der Waals surface area contributed by atoms with Gasteiger partial charge in [-0.2, -0.15) is 0 Å². The van der Waals surface area contributed by atoms with Gasteiger partial charge in [0.05, 0.1) is 11.4 Å². The van der Waals surface area contributed by atoms with Gasteiger partial charge in [0, 0.05) is 29.5 Å². The molecule has 230 valence electrons. The van der Waals surface area contributed by atoms with Crippen molar-refractivity contribution in [3.05, 3.63) is 88.4 Å². The molecule has 0 radical (unpaired) electrons. The van der Waals surface area contributed by atoms with E-state index in [0.717, 1.165) is 26.3 Å². The average Bonchev–Trinajstić information content (AvgIpc) is 3.01. The second-order valence-electron chi connectivity index (χ2n) is 10.4. The fraction of sp³-hybridized carbons (Fsp3) is 0.375. The topological polar surface area (TPSA) is 105 Å². The molecule has 4 rings (SSSR count). The van der Waals surface area contributed by atoms with Crippen molar-refractivity contribution in [3.63, 3.8) is 0 Å². The molecule has 0 aromatic heterocycles. The smallest absolute Gasteiger partial charge is 0.244 e.